The summed E-state index contributed by atoms with van der Waals surface area (Å²) in [5.41, 5.74) is 0.304. The summed E-state index contributed by atoms with van der Waals surface area (Å²) >= 11 is 6.04. The number of hydrogen-bond donors (Lipinski definition) is 1. The van der Waals surface area contributed by atoms with E-state index < -0.39 is 0 Å². The summed E-state index contributed by atoms with van der Waals surface area (Å²) in [5.74, 6) is 0. The summed E-state index contributed by atoms with van der Waals surface area (Å²) in [6, 6.07) is 0.267. The molecule has 1 aromatic rings. The van der Waals surface area contributed by atoms with Crippen LogP contribution in [0, 0.1) is 0 Å². The van der Waals surface area contributed by atoms with Crippen LogP contribution in [0.4, 0.5) is 5.69 Å². The number of nitrogens with zero attached hydrogens (tertiary/aromatic N) is 2. The van der Waals surface area contributed by atoms with Crippen LogP contribution in [0.1, 0.15) is 26.7 Å². The summed E-state index contributed by atoms with van der Waals surface area (Å²) in [4.78, 5) is 11.9. The maximum Gasteiger partial charge on any atom is 0.287 e. The molecule has 0 radical (unpaired) electrons. The molecule has 1 atom stereocenters. The van der Waals surface area contributed by atoms with Gasteiger partial charge in [-0.2, -0.15) is 5.10 Å². The zero-order valence-electron chi connectivity index (χ0n) is 11.1. The van der Waals surface area contributed by atoms with E-state index in [4.69, 9.17) is 16.3 Å². The quantitative estimate of drug-likeness (QED) is 0.827. The number of anilines is 1. The van der Waals surface area contributed by atoms with Crippen molar-refractivity contribution < 1.29 is 4.74 Å². The number of ether oxygens (including phenoxy) is 1. The largest absolute Gasteiger partial charge is 0.383 e. The second-order valence-electron chi connectivity index (χ2n) is 4.23. The number of nitrogens with one attached hydrogen (secondary N) is 1. The summed E-state index contributed by atoms with van der Waals surface area (Å²) in [7, 11) is 1.58. The van der Waals surface area contributed by atoms with Crippen LogP contribution in [0.2, 0.25) is 5.02 Å². The van der Waals surface area contributed by atoms with Crippen molar-refractivity contribution in [2.45, 2.75) is 39.3 Å². The maximum absolute atomic E-state index is 11.9. The average Bonchev–Trinajstić information content (AvgIpc) is 2.34. The van der Waals surface area contributed by atoms with Gasteiger partial charge in [-0.15, -0.1) is 0 Å². The van der Waals surface area contributed by atoms with Gasteiger partial charge in [0.1, 0.15) is 5.02 Å². The zero-order chi connectivity index (χ0) is 13.5. The van der Waals surface area contributed by atoms with E-state index in [1.54, 1.807) is 13.3 Å². The number of halogens is 1. The van der Waals surface area contributed by atoms with Gasteiger partial charge in [-0.25, -0.2) is 4.68 Å². The molecule has 0 saturated carbocycles. The first kappa shape index (κ1) is 15.0. The lowest BCUT2D eigenvalue weighted by molar-refractivity contribution is 0.182. The fraction of sp³-hybridized carbons (Fsp3) is 0.667. The lowest BCUT2D eigenvalue weighted by atomic mass is 10.2. The van der Waals surface area contributed by atoms with Gasteiger partial charge < -0.3 is 10.1 Å². The molecule has 0 aliphatic heterocycles. The predicted molar refractivity (Wildman–Crippen MR) is 73.4 cm³/mol. The molecule has 0 saturated heterocycles. The summed E-state index contributed by atoms with van der Waals surface area (Å²) in [6.45, 7) is 5.00. The Hall–Kier alpha value is -1.07. The Balaban J connectivity index is 2.83. The van der Waals surface area contributed by atoms with E-state index in [0.717, 1.165) is 12.8 Å². The number of rotatable bonds is 7. The number of hydrogen-bond acceptors (Lipinski definition) is 4. The normalized spacial score (nSPS) is 12.4. The third-order valence-corrected chi connectivity index (χ3v) is 2.98. The zero-order valence-corrected chi connectivity index (χ0v) is 11.8. The van der Waals surface area contributed by atoms with Crippen LogP contribution in [-0.2, 0) is 11.3 Å². The molecular weight excluding hydrogens is 254 g/mol. The number of methoxy groups -OCH3 is 1. The first-order valence-corrected chi connectivity index (χ1v) is 6.49. The third-order valence-electron chi connectivity index (χ3n) is 2.62. The Kier molecular flexibility index (Phi) is 6.15. The van der Waals surface area contributed by atoms with Gasteiger partial charge in [-0.1, -0.05) is 24.9 Å². The topological polar surface area (TPSA) is 56.1 Å². The van der Waals surface area contributed by atoms with Crippen molar-refractivity contribution >= 4 is 17.3 Å². The summed E-state index contributed by atoms with van der Waals surface area (Å²) in [5, 5.41) is 7.45. The van der Waals surface area contributed by atoms with E-state index in [0.29, 0.717) is 18.8 Å². The van der Waals surface area contributed by atoms with Crippen LogP contribution < -0.4 is 10.9 Å². The molecule has 6 heteroatoms. The van der Waals surface area contributed by atoms with E-state index in [1.165, 1.54) is 4.68 Å². The molecule has 1 heterocycles. The highest BCUT2D eigenvalue weighted by Gasteiger charge is 2.10. The molecule has 0 fully saturated rings. The Morgan fingerprint density at radius 3 is 2.94 bits per heavy atom. The molecule has 1 rings (SSSR count). The van der Waals surface area contributed by atoms with E-state index in [1.807, 2.05) is 0 Å². The van der Waals surface area contributed by atoms with Crippen LogP contribution >= 0.6 is 11.6 Å². The molecular formula is C12H20ClN3O2. The van der Waals surface area contributed by atoms with Crippen molar-refractivity contribution in [1.29, 1.82) is 0 Å². The molecule has 102 valence electrons. The van der Waals surface area contributed by atoms with E-state index in [-0.39, 0.29) is 16.6 Å². The first-order chi connectivity index (χ1) is 8.60. The van der Waals surface area contributed by atoms with Crippen molar-refractivity contribution in [3.8, 4) is 0 Å². The minimum absolute atomic E-state index is 0.184. The third kappa shape index (κ3) is 3.99. The van der Waals surface area contributed by atoms with E-state index in [2.05, 4.69) is 24.3 Å². The van der Waals surface area contributed by atoms with Gasteiger partial charge in [-0.05, 0) is 13.3 Å². The molecule has 5 nitrogen and oxygen atoms in total. The summed E-state index contributed by atoms with van der Waals surface area (Å²) in [6.07, 6.45) is 3.68. The molecule has 1 unspecified atom stereocenters. The standard InChI is InChI=1S/C12H20ClN3O2/c1-4-5-9(2)15-10-8-14-16(6-7-18-3)12(17)11(10)13/h8-9,15H,4-7H2,1-3H3. The lowest BCUT2D eigenvalue weighted by Gasteiger charge is -2.15. The van der Waals surface area contributed by atoms with Gasteiger partial charge in [0.25, 0.3) is 5.56 Å². The predicted octanol–water partition coefficient (Wildman–Crippen LogP) is 2.14. The number of aromatic nitrogens is 2. The highest BCUT2D eigenvalue weighted by molar-refractivity contribution is 6.32. The van der Waals surface area contributed by atoms with E-state index in [9.17, 15) is 4.79 Å². The molecule has 0 amide bonds. The van der Waals surface area contributed by atoms with Gasteiger partial charge in [0.2, 0.25) is 0 Å². The van der Waals surface area contributed by atoms with Crippen molar-refractivity contribution in [3.63, 3.8) is 0 Å². The molecule has 0 bridgehead atoms. The first-order valence-electron chi connectivity index (χ1n) is 6.11. The molecule has 0 aliphatic rings. The SMILES string of the molecule is CCCC(C)Nc1cnn(CCOC)c(=O)c1Cl. The lowest BCUT2D eigenvalue weighted by Crippen LogP contribution is -2.27. The highest BCUT2D eigenvalue weighted by atomic mass is 35.5. The monoisotopic (exact) mass is 273 g/mol. The van der Waals surface area contributed by atoms with Crippen LogP contribution in [0.25, 0.3) is 0 Å². The van der Waals surface area contributed by atoms with Crippen LogP contribution in [-0.4, -0.2) is 29.5 Å². The van der Waals surface area contributed by atoms with Gasteiger partial charge >= 0.3 is 0 Å². The molecule has 1 aromatic heterocycles. The smallest absolute Gasteiger partial charge is 0.287 e. The molecule has 0 aliphatic carbocycles. The Bertz CT molecular complexity index is 434. The average molecular weight is 274 g/mol. The highest BCUT2D eigenvalue weighted by Crippen LogP contribution is 2.17. The van der Waals surface area contributed by atoms with Crippen LogP contribution in [0.3, 0.4) is 0 Å². The summed E-state index contributed by atoms with van der Waals surface area (Å²) < 4.78 is 6.22. The second-order valence-corrected chi connectivity index (χ2v) is 4.61. The Morgan fingerprint density at radius 1 is 1.61 bits per heavy atom. The molecule has 18 heavy (non-hydrogen) atoms. The minimum Gasteiger partial charge on any atom is -0.383 e. The molecule has 0 spiro atoms. The van der Waals surface area contributed by atoms with E-state index >= 15 is 0 Å². The second kappa shape index (κ2) is 7.38. The minimum atomic E-state index is -0.289. The van der Waals surface area contributed by atoms with Crippen molar-refractivity contribution in [1.82, 2.24) is 9.78 Å². The van der Waals surface area contributed by atoms with Gasteiger partial charge in [0.15, 0.2) is 0 Å². The Morgan fingerprint density at radius 2 is 2.33 bits per heavy atom. The van der Waals surface area contributed by atoms with Gasteiger partial charge in [0.05, 0.1) is 25.0 Å². The molecule has 0 aromatic carbocycles. The fourth-order valence-corrected chi connectivity index (χ4v) is 1.87. The van der Waals surface area contributed by atoms with Gasteiger partial charge in [0, 0.05) is 13.2 Å². The van der Waals surface area contributed by atoms with Crippen molar-refractivity contribution in [2.24, 2.45) is 0 Å². The van der Waals surface area contributed by atoms with Gasteiger partial charge in [-0.3, -0.25) is 4.79 Å². The maximum atomic E-state index is 11.9. The van der Waals surface area contributed by atoms with Crippen molar-refractivity contribution in [2.75, 3.05) is 19.0 Å². The fourth-order valence-electron chi connectivity index (χ4n) is 1.67. The Labute approximate surface area is 112 Å². The molecule has 1 N–H and O–H groups in total. The van der Waals surface area contributed by atoms with Crippen molar-refractivity contribution in [3.05, 3.63) is 21.6 Å². The van der Waals surface area contributed by atoms with Crippen LogP contribution in [0.5, 0.6) is 0 Å². The van der Waals surface area contributed by atoms with Crippen LogP contribution in [0.15, 0.2) is 11.0 Å².